The highest BCUT2D eigenvalue weighted by Gasteiger charge is 2.31. The second kappa shape index (κ2) is 5.71. The second-order valence-corrected chi connectivity index (χ2v) is 4.90. The van der Waals surface area contributed by atoms with Crippen LogP contribution < -0.4 is 0 Å². The van der Waals surface area contributed by atoms with Crippen LogP contribution in [-0.4, -0.2) is 35.7 Å². The number of hydrogen-bond acceptors (Lipinski definition) is 4. The molecule has 0 unspecified atom stereocenters. The van der Waals surface area contributed by atoms with Gasteiger partial charge < -0.3 is 9.47 Å². The van der Waals surface area contributed by atoms with Crippen molar-refractivity contribution >= 4 is 12.1 Å². The quantitative estimate of drug-likeness (QED) is 0.571. The number of hydrogen-bond donors (Lipinski definition) is 0. The van der Waals surface area contributed by atoms with Crippen LogP contribution >= 0.6 is 0 Å². The zero-order valence-corrected chi connectivity index (χ0v) is 11.1. The van der Waals surface area contributed by atoms with Crippen molar-refractivity contribution in [3.05, 3.63) is 24.4 Å². The summed E-state index contributed by atoms with van der Waals surface area (Å²) >= 11 is 0. The van der Waals surface area contributed by atoms with Crippen molar-refractivity contribution in [2.24, 2.45) is 0 Å². The fourth-order valence-corrected chi connectivity index (χ4v) is 1.47. The van der Waals surface area contributed by atoms with Crippen LogP contribution in [0.15, 0.2) is 24.4 Å². The van der Waals surface area contributed by atoms with Crippen LogP contribution in [0.3, 0.4) is 0 Å². The van der Waals surface area contributed by atoms with E-state index in [0.29, 0.717) is 13.0 Å². The molecule has 0 fully saturated rings. The van der Waals surface area contributed by atoms with E-state index in [2.05, 4.69) is 6.58 Å². The summed E-state index contributed by atoms with van der Waals surface area (Å²) in [5.41, 5.74) is -0.346. The minimum absolute atomic E-state index is 0.123. The summed E-state index contributed by atoms with van der Waals surface area (Å²) in [5, 5.41) is 0. The van der Waals surface area contributed by atoms with Gasteiger partial charge in [-0.3, -0.25) is 4.90 Å². The van der Waals surface area contributed by atoms with Gasteiger partial charge in [-0.2, -0.15) is 0 Å². The van der Waals surface area contributed by atoms with E-state index in [0.717, 1.165) is 0 Å². The molecule has 1 aliphatic heterocycles. The predicted molar refractivity (Wildman–Crippen MR) is 66.8 cm³/mol. The Morgan fingerprint density at radius 2 is 2.17 bits per heavy atom. The van der Waals surface area contributed by atoms with E-state index in [1.54, 1.807) is 26.8 Å². The molecular formula is C13H19NO4. The van der Waals surface area contributed by atoms with Crippen LogP contribution in [0.2, 0.25) is 0 Å². The SMILES string of the molecule is C=CCOC(=O)C1=CCCN1C(=O)OC(C)(C)C. The number of esters is 1. The Morgan fingerprint density at radius 3 is 2.72 bits per heavy atom. The maximum Gasteiger partial charge on any atom is 0.415 e. The maximum atomic E-state index is 11.9. The van der Waals surface area contributed by atoms with Crippen LogP contribution in [0.4, 0.5) is 4.79 Å². The van der Waals surface area contributed by atoms with Crippen molar-refractivity contribution in [2.45, 2.75) is 32.8 Å². The van der Waals surface area contributed by atoms with E-state index < -0.39 is 17.7 Å². The monoisotopic (exact) mass is 253 g/mol. The van der Waals surface area contributed by atoms with E-state index in [1.165, 1.54) is 11.0 Å². The largest absolute Gasteiger partial charge is 0.457 e. The van der Waals surface area contributed by atoms with Gasteiger partial charge in [-0.15, -0.1) is 0 Å². The fraction of sp³-hybridized carbons (Fsp3) is 0.538. The van der Waals surface area contributed by atoms with Gasteiger partial charge in [-0.25, -0.2) is 9.59 Å². The molecule has 1 aliphatic rings. The molecule has 100 valence electrons. The molecule has 0 radical (unpaired) electrons. The third-order valence-electron chi connectivity index (χ3n) is 2.14. The van der Waals surface area contributed by atoms with Crippen molar-refractivity contribution in [3.8, 4) is 0 Å². The molecular weight excluding hydrogens is 234 g/mol. The highest BCUT2D eigenvalue weighted by Crippen LogP contribution is 2.20. The van der Waals surface area contributed by atoms with E-state index in [4.69, 9.17) is 9.47 Å². The molecule has 0 bridgehead atoms. The zero-order valence-electron chi connectivity index (χ0n) is 11.1. The Labute approximate surface area is 107 Å². The molecule has 0 N–H and O–H groups in total. The standard InChI is InChI=1S/C13H19NO4/c1-5-9-17-11(15)10-7-6-8-14(10)12(16)18-13(2,3)4/h5,7H,1,6,8-9H2,2-4H3. The first-order valence-corrected chi connectivity index (χ1v) is 5.84. The molecule has 0 spiro atoms. The first-order valence-electron chi connectivity index (χ1n) is 5.84. The Balaban J connectivity index is 2.67. The third kappa shape index (κ3) is 3.91. The van der Waals surface area contributed by atoms with E-state index in [9.17, 15) is 9.59 Å². The van der Waals surface area contributed by atoms with Gasteiger partial charge in [0.25, 0.3) is 0 Å². The van der Waals surface area contributed by atoms with Crippen molar-refractivity contribution in [3.63, 3.8) is 0 Å². The van der Waals surface area contributed by atoms with Gasteiger partial charge >= 0.3 is 12.1 Å². The van der Waals surface area contributed by atoms with E-state index in [-0.39, 0.29) is 12.3 Å². The summed E-state index contributed by atoms with van der Waals surface area (Å²) < 4.78 is 10.1. The maximum absolute atomic E-state index is 11.9. The second-order valence-electron chi connectivity index (χ2n) is 4.90. The molecule has 1 amide bonds. The van der Waals surface area contributed by atoms with Crippen molar-refractivity contribution < 1.29 is 19.1 Å². The molecule has 5 heteroatoms. The van der Waals surface area contributed by atoms with Gasteiger partial charge in [0.2, 0.25) is 0 Å². The van der Waals surface area contributed by atoms with Gasteiger partial charge in [-0.05, 0) is 27.2 Å². The summed E-state index contributed by atoms with van der Waals surface area (Å²) in [6.07, 6.45) is 3.25. The molecule has 0 aromatic heterocycles. The van der Waals surface area contributed by atoms with Crippen LogP contribution in [0.5, 0.6) is 0 Å². The molecule has 0 aromatic carbocycles. The number of amides is 1. The molecule has 5 nitrogen and oxygen atoms in total. The minimum atomic E-state index is -0.587. The molecule has 18 heavy (non-hydrogen) atoms. The van der Waals surface area contributed by atoms with Crippen molar-refractivity contribution in [1.82, 2.24) is 4.90 Å². The summed E-state index contributed by atoms with van der Waals surface area (Å²) in [5.74, 6) is -0.529. The van der Waals surface area contributed by atoms with Gasteiger partial charge in [0.1, 0.15) is 17.9 Å². The lowest BCUT2D eigenvalue weighted by molar-refractivity contribution is -0.139. The van der Waals surface area contributed by atoms with Gasteiger partial charge in [0, 0.05) is 6.54 Å². The topological polar surface area (TPSA) is 55.8 Å². The average molecular weight is 253 g/mol. The van der Waals surface area contributed by atoms with Crippen LogP contribution in [0.1, 0.15) is 27.2 Å². The first-order chi connectivity index (χ1) is 8.35. The number of nitrogens with zero attached hydrogens (tertiary/aromatic N) is 1. The zero-order chi connectivity index (χ0) is 13.8. The molecule has 0 aliphatic carbocycles. The molecule has 0 aromatic rings. The highest BCUT2D eigenvalue weighted by atomic mass is 16.6. The summed E-state index contributed by atoms with van der Waals surface area (Å²) in [7, 11) is 0. The Bertz CT molecular complexity index is 379. The average Bonchev–Trinajstić information content (AvgIpc) is 2.72. The van der Waals surface area contributed by atoms with Crippen molar-refractivity contribution in [2.75, 3.05) is 13.2 Å². The van der Waals surface area contributed by atoms with Crippen LogP contribution in [0.25, 0.3) is 0 Å². The molecule has 0 atom stereocenters. The Kier molecular flexibility index (Phi) is 4.53. The summed E-state index contributed by atoms with van der Waals surface area (Å²) in [4.78, 5) is 24.9. The van der Waals surface area contributed by atoms with Gasteiger partial charge in [0.15, 0.2) is 0 Å². The van der Waals surface area contributed by atoms with E-state index in [1.807, 2.05) is 0 Å². The summed E-state index contributed by atoms with van der Waals surface area (Å²) in [6.45, 7) is 9.36. The first kappa shape index (κ1) is 14.3. The number of ether oxygens (including phenoxy) is 2. The minimum Gasteiger partial charge on any atom is -0.457 e. The third-order valence-corrected chi connectivity index (χ3v) is 2.14. The summed E-state index contributed by atoms with van der Waals surface area (Å²) in [6, 6.07) is 0. The molecule has 0 saturated heterocycles. The normalized spacial score (nSPS) is 15.1. The molecule has 0 saturated carbocycles. The van der Waals surface area contributed by atoms with Crippen LogP contribution in [0, 0.1) is 0 Å². The number of carbonyl (C=O) groups is 2. The fourth-order valence-electron chi connectivity index (χ4n) is 1.47. The van der Waals surface area contributed by atoms with Gasteiger partial charge in [-0.1, -0.05) is 18.7 Å². The lowest BCUT2D eigenvalue weighted by Crippen LogP contribution is -2.37. The Hall–Kier alpha value is -1.78. The lowest BCUT2D eigenvalue weighted by Gasteiger charge is -2.25. The highest BCUT2D eigenvalue weighted by molar-refractivity contribution is 5.93. The smallest absolute Gasteiger partial charge is 0.415 e. The van der Waals surface area contributed by atoms with Gasteiger partial charge in [0.05, 0.1) is 0 Å². The number of carbonyl (C=O) groups excluding carboxylic acids is 2. The Morgan fingerprint density at radius 1 is 1.50 bits per heavy atom. The van der Waals surface area contributed by atoms with Crippen LogP contribution in [-0.2, 0) is 14.3 Å². The predicted octanol–water partition coefficient (Wildman–Crippen LogP) is 2.24. The number of rotatable bonds is 3. The molecule has 1 heterocycles. The molecule has 1 rings (SSSR count). The van der Waals surface area contributed by atoms with Crippen molar-refractivity contribution in [1.29, 1.82) is 0 Å². The lowest BCUT2D eigenvalue weighted by atomic mass is 10.2. The van der Waals surface area contributed by atoms with E-state index >= 15 is 0 Å².